The van der Waals surface area contributed by atoms with Crippen molar-refractivity contribution < 1.29 is 0 Å². The third-order valence-electron chi connectivity index (χ3n) is 2.58. The molecule has 0 radical (unpaired) electrons. The van der Waals surface area contributed by atoms with Crippen LogP contribution in [0.2, 0.25) is 5.02 Å². The summed E-state index contributed by atoms with van der Waals surface area (Å²) in [5, 5.41) is 0.516. The van der Waals surface area contributed by atoms with Crippen LogP contribution in [0.4, 0.5) is 0 Å². The number of halogens is 2. The van der Waals surface area contributed by atoms with Crippen LogP contribution in [0.1, 0.15) is 5.56 Å². The zero-order chi connectivity index (χ0) is 13.3. The fourth-order valence-electron chi connectivity index (χ4n) is 1.58. The van der Waals surface area contributed by atoms with E-state index in [0.717, 1.165) is 14.6 Å². The Bertz CT molecular complexity index is 706. The first-order valence-corrected chi connectivity index (χ1v) is 6.36. The smallest absolute Gasteiger partial charge is 0.303 e. The summed E-state index contributed by atoms with van der Waals surface area (Å²) in [4.78, 5) is 23.5. The summed E-state index contributed by atoms with van der Waals surface area (Å²) in [5.41, 5.74) is 0.0313. The summed E-state index contributed by atoms with van der Waals surface area (Å²) in [6.07, 6.45) is 1.45. The lowest BCUT2D eigenvalue weighted by atomic mass is 10.2. The highest BCUT2D eigenvalue weighted by atomic mass is 79.9. The van der Waals surface area contributed by atoms with Gasteiger partial charge < -0.3 is 4.57 Å². The molecule has 1 aromatic heterocycles. The lowest BCUT2D eigenvalue weighted by Gasteiger charge is -2.08. The molecule has 1 heterocycles. The lowest BCUT2D eigenvalue weighted by molar-refractivity contribution is 0.639. The summed E-state index contributed by atoms with van der Waals surface area (Å²) in [5.74, 6) is 0. The number of nitrogens with zero attached hydrogens (tertiary/aromatic N) is 2. The van der Waals surface area contributed by atoms with Crippen LogP contribution in [0.25, 0.3) is 0 Å². The van der Waals surface area contributed by atoms with Crippen LogP contribution in [0.15, 0.2) is 44.5 Å². The van der Waals surface area contributed by atoms with Crippen LogP contribution in [-0.4, -0.2) is 9.13 Å². The minimum Gasteiger partial charge on any atom is -0.303 e. The molecular formula is C12H10BrClN2O2. The van der Waals surface area contributed by atoms with Crippen LogP contribution in [0.3, 0.4) is 0 Å². The van der Waals surface area contributed by atoms with Crippen molar-refractivity contribution in [2.24, 2.45) is 7.05 Å². The standard InChI is InChI=1S/C12H10BrClN2O2/c1-15-5-4-11(17)16(12(15)18)7-8-2-3-9(13)6-10(8)14/h2-6H,7H2,1H3. The van der Waals surface area contributed by atoms with Crippen molar-refractivity contribution in [3.05, 3.63) is 66.4 Å². The molecule has 6 heteroatoms. The van der Waals surface area contributed by atoms with Crippen molar-refractivity contribution in [3.8, 4) is 0 Å². The molecule has 2 aromatic rings. The molecule has 2 rings (SSSR count). The summed E-state index contributed by atoms with van der Waals surface area (Å²) in [7, 11) is 1.60. The molecule has 94 valence electrons. The molecule has 0 bridgehead atoms. The number of rotatable bonds is 2. The molecule has 0 aliphatic carbocycles. The Labute approximate surface area is 117 Å². The quantitative estimate of drug-likeness (QED) is 0.846. The Morgan fingerprint density at radius 3 is 2.67 bits per heavy atom. The summed E-state index contributed by atoms with van der Waals surface area (Å²) in [6, 6.07) is 6.69. The topological polar surface area (TPSA) is 44.0 Å². The van der Waals surface area contributed by atoms with Gasteiger partial charge in [0.25, 0.3) is 5.56 Å². The molecule has 0 N–H and O–H groups in total. The van der Waals surface area contributed by atoms with E-state index in [0.29, 0.717) is 5.02 Å². The molecule has 18 heavy (non-hydrogen) atoms. The van der Waals surface area contributed by atoms with E-state index in [4.69, 9.17) is 11.6 Å². The van der Waals surface area contributed by atoms with E-state index < -0.39 is 0 Å². The van der Waals surface area contributed by atoms with Gasteiger partial charge in [0.2, 0.25) is 0 Å². The minimum absolute atomic E-state index is 0.165. The maximum absolute atomic E-state index is 11.8. The maximum atomic E-state index is 11.8. The van der Waals surface area contributed by atoms with Crippen LogP contribution in [0, 0.1) is 0 Å². The second-order valence-electron chi connectivity index (χ2n) is 3.87. The van der Waals surface area contributed by atoms with Crippen LogP contribution in [0.5, 0.6) is 0 Å². The minimum atomic E-state index is -0.360. The Kier molecular flexibility index (Phi) is 3.73. The molecule has 0 atom stereocenters. The summed E-state index contributed by atoms with van der Waals surface area (Å²) >= 11 is 9.37. The van der Waals surface area contributed by atoms with E-state index in [1.807, 2.05) is 6.07 Å². The van der Waals surface area contributed by atoms with E-state index in [2.05, 4.69) is 15.9 Å². The molecule has 4 nitrogen and oxygen atoms in total. The normalized spacial score (nSPS) is 10.6. The Morgan fingerprint density at radius 1 is 1.28 bits per heavy atom. The highest BCUT2D eigenvalue weighted by Gasteiger charge is 2.07. The first-order valence-electron chi connectivity index (χ1n) is 5.19. The van der Waals surface area contributed by atoms with Gasteiger partial charge in [0.05, 0.1) is 6.54 Å². The van der Waals surface area contributed by atoms with Gasteiger partial charge in [-0.1, -0.05) is 33.6 Å². The van der Waals surface area contributed by atoms with E-state index in [1.165, 1.54) is 16.8 Å². The van der Waals surface area contributed by atoms with Crippen molar-refractivity contribution >= 4 is 27.5 Å². The van der Waals surface area contributed by atoms with Crippen molar-refractivity contribution in [2.45, 2.75) is 6.54 Å². The van der Waals surface area contributed by atoms with Gasteiger partial charge >= 0.3 is 5.69 Å². The molecule has 0 unspecified atom stereocenters. The Morgan fingerprint density at radius 2 is 2.00 bits per heavy atom. The van der Waals surface area contributed by atoms with Crippen molar-refractivity contribution in [2.75, 3.05) is 0 Å². The van der Waals surface area contributed by atoms with Gasteiger partial charge in [-0.2, -0.15) is 0 Å². The zero-order valence-corrected chi connectivity index (χ0v) is 11.9. The summed E-state index contributed by atoms with van der Waals surface area (Å²) in [6.45, 7) is 0.165. The zero-order valence-electron chi connectivity index (χ0n) is 9.56. The van der Waals surface area contributed by atoms with Gasteiger partial charge in [-0.15, -0.1) is 0 Å². The van der Waals surface area contributed by atoms with E-state index >= 15 is 0 Å². The number of hydrogen-bond acceptors (Lipinski definition) is 2. The highest BCUT2D eigenvalue weighted by molar-refractivity contribution is 9.10. The van der Waals surface area contributed by atoms with Gasteiger partial charge in [-0.25, -0.2) is 4.79 Å². The largest absolute Gasteiger partial charge is 0.331 e. The number of benzene rings is 1. The lowest BCUT2D eigenvalue weighted by Crippen LogP contribution is -2.38. The molecule has 0 spiro atoms. The van der Waals surface area contributed by atoms with Crippen LogP contribution < -0.4 is 11.2 Å². The number of aryl methyl sites for hydroxylation is 1. The average molecular weight is 330 g/mol. The molecular weight excluding hydrogens is 320 g/mol. The fraction of sp³-hybridized carbons (Fsp3) is 0.167. The van der Waals surface area contributed by atoms with Crippen molar-refractivity contribution in [1.29, 1.82) is 0 Å². The third kappa shape index (κ3) is 2.57. The van der Waals surface area contributed by atoms with E-state index in [-0.39, 0.29) is 17.8 Å². The average Bonchev–Trinajstić information content (AvgIpc) is 2.32. The molecule has 1 aromatic carbocycles. The second-order valence-corrected chi connectivity index (χ2v) is 5.19. The fourth-order valence-corrected chi connectivity index (χ4v) is 2.31. The first kappa shape index (κ1) is 13.1. The predicted molar refractivity (Wildman–Crippen MR) is 74.2 cm³/mol. The van der Waals surface area contributed by atoms with Crippen LogP contribution >= 0.6 is 27.5 Å². The molecule has 0 saturated carbocycles. The van der Waals surface area contributed by atoms with Gasteiger partial charge in [0, 0.05) is 28.8 Å². The predicted octanol–water partition coefficient (Wildman–Crippen LogP) is 2.01. The number of hydrogen-bond donors (Lipinski definition) is 0. The highest BCUT2D eigenvalue weighted by Crippen LogP contribution is 2.21. The van der Waals surface area contributed by atoms with Crippen LogP contribution in [-0.2, 0) is 13.6 Å². The first-order chi connectivity index (χ1) is 8.49. The van der Waals surface area contributed by atoms with E-state index in [9.17, 15) is 9.59 Å². The summed E-state index contributed by atoms with van der Waals surface area (Å²) < 4.78 is 3.35. The molecule has 0 saturated heterocycles. The van der Waals surface area contributed by atoms with Gasteiger partial charge in [0.1, 0.15) is 0 Å². The van der Waals surface area contributed by atoms with Gasteiger partial charge in [-0.3, -0.25) is 9.36 Å². The molecule has 0 amide bonds. The SMILES string of the molecule is Cn1ccc(=O)n(Cc2ccc(Br)cc2Cl)c1=O. The molecule has 0 aliphatic rings. The monoisotopic (exact) mass is 328 g/mol. The van der Waals surface area contributed by atoms with Gasteiger partial charge in [0.15, 0.2) is 0 Å². The number of aromatic nitrogens is 2. The molecule has 0 aliphatic heterocycles. The molecule has 0 fully saturated rings. The second kappa shape index (κ2) is 5.12. The van der Waals surface area contributed by atoms with E-state index in [1.54, 1.807) is 19.2 Å². The maximum Gasteiger partial charge on any atom is 0.331 e. The Hall–Kier alpha value is -1.33. The van der Waals surface area contributed by atoms with Crippen molar-refractivity contribution in [1.82, 2.24) is 9.13 Å². The third-order valence-corrected chi connectivity index (χ3v) is 3.43. The van der Waals surface area contributed by atoms with Crippen molar-refractivity contribution in [3.63, 3.8) is 0 Å². The van der Waals surface area contributed by atoms with Gasteiger partial charge in [-0.05, 0) is 17.7 Å². The Balaban J connectivity index is 2.50.